The van der Waals surface area contributed by atoms with Gasteiger partial charge < -0.3 is 14.0 Å². The van der Waals surface area contributed by atoms with Gasteiger partial charge in [-0.15, -0.1) is 0 Å². The normalized spacial score (nSPS) is 13.5. The summed E-state index contributed by atoms with van der Waals surface area (Å²) in [5.41, 5.74) is 1.26. The van der Waals surface area contributed by atoms with Crippen molar-refractivity contribution in [2.75, 3.05) is 23.3 Å². The van der Waals surface area contributed by atoms with Gasteiger partial charge in [-0.2, -0.15) is 4.98 Å². The molecule has 0 radical (unpaired) electrons. The van der Waals surface area contributed by atoms with Crippen molar-refractivity contribution in [3.63, 3.8) is 0 Å². The highest BCUT2D eigenvalue weighted by Gasteiger charge is 2.30. The van der Waals surface area contributed by atoms with Gasteiger partial charge in [-0.25, -0.2) is 8.42 Å². The molecule has 2 aromatic carbocycles. The molecule has 0 fully saturated rings. The van der Waals surface area contributed by atoms with Crippen LogP contribution < -0.4 is 19.1 Å². The van der Waals surface area contributed by atoms with Gasteiger partial charge in [0.1, 0.15) is 11.5 Å². The molecule has 168 valence electrons. The number of hydrogen-bond acceptors (Lipinski definition) is 8. The Balaban J connectivity index is 1.66. The Morgan fingerprint density at radius 1 is 1.25 bits per heavy atom. The molecule has 0 aliphatic carbocycles. The van der Waals surface area contributed by atoms with Crippen LogP contribution in [0, 0.1) is 6.92 Å². The zero-order chi connectivity index (χ0) is 22.9. The van der Waals surface area contributed by atoms with E-state index in [1.807, 2.05) is 6.92 Å². The van der Waals surface area contributed by atoms with Crippen LogP contribution in [0.1, 0.15) is 24.2 Å². The quantitative estimate of drug-likeness (QED) is 0.573. The fraction of sp³-hybridized carbons (Fsp3) is 0.286. The highest BCUT2D eigenvalue weighted by Crippen LogP contribution is 2.37. The van der Waals surface area contributed by atoms with Gasteiger partial charge in [0.05, 0.1) is 29.9 Å². The third-order valence-corrected chi connectivity index (χ3v) is 6.45. The first kappa shape index (κ1) is 21.6. The predicted molar refractivity (Wildman–Crippen MR) is 115 cm³/mol. The van der Waals surface area contributed by atoms with Gasteiger partial charge in [-0.1, -0.05) is 18.1 Å². The molecule has 1 amide bonds. The number of ether oxygens (including phenoxy) is 2. The largest absolute Gasteiger partial charge is 0.497 e. The average Bonchev–Trinajstić information content (AvgIpc) is 3.23. The first-order chi connectivity index (χ1) is 15.3. The van der Waals surface area contributed by atoms with E-state index < -0.39 is 10.0 Å². The molecule has 0 unspecified atom stereocenters. The molecular formula is C21H22N4O6S. The number of rotatable bonds is 7. The number of hydrogen-bond donors (Lipinski definition) is 1. The Morgan fingerprint density at radius 3 is 2.78 bits per heavy atom. The molecule has 0 saturated heterocycles. The third-order valence-electron chi connectivity index (χ3n) is 4.92. The number of fused-ring (bicyclic) bond motifs is 1. The number of anilines is 2. The minimum absolute atomic E-state index is 0.0428. The standard InChI is InChI=1S/C21H22N4O6S/c1-4-20-22-19(23-31-20)11-25-16-8-13(2)18(10-17(16)30-12-21(25)26)32(27,28)24-14-6-5-7-15(9-14)29-3/h5-10,24H,4,11-12H2,1-3H3. The van der Waals surface area contributed by atoms with Crippen LogP contribution in [-0.2, 0) is 27.8 Å². The molecular weight excluding hydrogens is 436 g/mol. The van der Waals surface area contributed by atoms with Crippen LogP contribution >= 0.6 is 0 Å². The second-order valence-electron chi connectivity index (χ2n) is 7.15. The molecule has 1 aliphatic rings. The van der Waals surface area contributed by atoms with Crippen LogP contribution in [0.3, 0.4) is 0 Å². The summed E-state index contributed by atoms with van der Waals surface area (Å²) in [4.78, 5) is 18.2. The maximum absolute atomic E-state index is 13.1. The number of sulfonamides is 1. The number of nitrogens with one attached hydrogen (secondary N) is 1. The Morgan fingerprint density at radius 2 is 2.06 bits per heavy atom. The number of nitrogens with zero attached hydrogens (tertiary/aromatic N) is 3. The Bertz CT molecular complexity index is 1270. The van der Waals surface area contributed by atoms with E-state index in [-0.39, 0.29) is 29.7 Å². The number of amides is 1. The maximum Gasteiger partial charge on any atom is 0.265 e. The Hall–Kier alpha value is -3.60. The van der Waals surface area contributed by atoms with Crippen molar-refractivity contribution in [3.8, 4) is 11.5 Å². The minimum Gasteiger partial charge on any atom is -0.497 e. The van der Waals surface area contributed by atoms with E-state index in [0.29, 0.717) is 40.8 Å². The van der Waals surface area contributed by atoms with Crippen molar-refractivity contribution in [1.82, 2.24) is 10.1 Å². The summed E-state index contributed by atoms with van der Waals surface area (Å²) in [5, 5.41) is 3.89. The second-order valence-corrected chi connectivity index (χ2v) is 8.80. The molecule has 0 bridgehead atoms. The van der Waals surface area contributed by atoms with Crippen LogP contribution in [0.5, 0.6) is 11.5 Å². The number of carbonyl (C=O) groups is 1. The summed E-state index contributed by atoms with van der Waals surface area (Å²) in [7, 11) is -2.42. The van der Waals surface area contributed by atoms with Gasteiger partial charge in [-0.3, -0.25) is 14.4 Å². The molecule has 0 atom stereocenters. The lowest BCUT2D eigenvalue weighted by Crippen LogP contribution is -2.38. The third kappa shape index (κ3) is 4.24. The molecule has 10 nitrogen and oxygen atoms in total. The van der Waals surface area contributed by atoms with Crippen LogP contribution in [-0.4, -0.2) is 38.2 Å². The highest BCUT2D eigenvalue weighted by molar-refractivity contribution is 7.92. The van der Waals surface area contributed by atoms with E-state index in [4.69, 9.17) is 14.0 Å². The summed E-state index contributed by atoms with van der Waals surface area (Å²) in [6.45, 7) is 3.40. The topological polar surface area (TPSA) is 124 Å². The van der Waals surface area contributed by atoms with E-state index >= 15 is 0 Å². The molecule has 0 spiro atoms. The van der Waals surface area contributed by atoms with Crippen LogP contribution in [0.15, 0.2) is 45.8 Å². The van der Waals surface area contributed by atoms with E-state index in [0.717, 1.165) is 0 Å². The van der Waals surface area contributed by atoms with Crippen LogP contribution in [0.25, 0.3) is 0 Å². The molecule has 4 rings (SSSR count). The number of methoxy groups -OCH3 is 1. The SMILES string of the molecule is CCc1nc(CN2C(=O)COc3cc(S(=O)(=O)Nc4cccc(OC)c4)c(C)cc32)no1. The van der Waals surface area contributed by atoms with Gasteiger partial charge in [0.25, 0.3) is 15.9 Å². The molecule has 1 aliphatic heterocycles. The van der Waals surface area contributed by atoms with E-state index in [1.165, 1.54) is 18.1 Å². The van der Waals surface area contributed by atoms with Crippen molar-refractivity contribution in [2.24, 2.45) is 0 Å². The molecule has 0 saturated carbocycles. The fourth-order valence-corrected chi connectivity index (χ4v) is 4.62. The Kier molecular flexibility index (Phi) is 5.74. The van der Waals surface area contributed by atoms with Gasteiger partial charge in [0.15, 0.2) is 12.4 Å². The van der Waals surface area contributed by atoms with Crippen molar-refractivity contribution in [1.29, 1.82) is 0 Å². The molecule has 1 aromatic heterocycles. The zero-order valence-electron chi connectivity index (χ0n) is 17.8. The number of benzene rings is 2. The van der Waals surface area contributed by atoms with Gasteiger partial charge in [0.2, 0.25) is 5.89 Å². The lowest BCUT2D eigenvalue weighted by molar-refractivity contribution is -0.121. The molecule has 11 heteroatoms. The van der Waals surface area contributed by atoms with E-state index in [1.54, 1.807) is 37.3 Å². The van der Waals surface area contributed by atoms with Crippen LogP contribution in [0.4, 0.5) is 11.4 Å². The summed E-state index contributed by atoms with van der Waals surface area (Å²) < 4.78 is 44.5. The second kappa shape index (κ2) is 8.50. The van der Waals surface area contributed by atoms with E-state index in [9.17, 15) is 13.2 Å². The predicted octanol–water partition coefficient (Wildman–Crippen LogP) is 2.68. The van der Waals surface area contributed by atoms with Crippen molar-refractivity contribution >= 4 is 27.3 Å². The lowest BCUT2D eigenvalue weighted by Gasteiger charge is -2.29. The number of aryl methyl sites for hydroxylation is 2. The average molecular weight is 458 g/mol. The summed E-state index contributed by atoms with van der Waals surface area (Å²) in [6.07, 6.45) is 0.585. The molecule has 3 aromatic rings. The van der Waals surface area contributed by atoms with Crippen molar-refractivity contribution in [2.45, 2.75) is 31.7 Å². The van der Waals surface area contributed by atoms with Crippen molar-refractivity contribution < 1.29 is 27.2 Å². The molecule has 1 N–H and O–H groups in total. The fourth-order valence-electron chi connectivity index (χ4n) is 3.33. The lowest BCUT2D eigenvalue weighted by atomic mass is 10.1. The summed E-state index contributed by atoms with van der Waals surface area (Å²) in [5.74, 6) is 1.35. The number of aromatic nitrogens is 2. The summed E-state index contributed by atoms with van der Waals surface area (Å²) in [6, 6.07) is 9.63. The van der Waals surface area contributed by atoms with Gasteiger partial charge in [0, 0.05) is 18.6 Å². The molecule has 32 heavy (non-hydrogen) atoms. The van der Waals surface area contributed by atoms with E-state index in [2.05, 4.69) is 14.9 Å². The minimum atomic E-state index is -3.92. The maximum atomic E-state index is 13.1. The van der Waals surface area contributed by atoms with Gasteiger partial charge in [-0.05, 0) is 30.7 Å². The van der Waals surface area contributed by atoms with Gasteiger partial charge >= 0.3 is 0 Å². The highest BCUT2D eigenvalue weighted by atomic mass is 32.2. The smallest absolute Gasteiger partial charge is 0.265 e. The van der Waals surface area contributed by atoms with Crippen molar-refractivity contribution in [3.05, 3.63) is 53.7 Å². The summed E-state index contributed by atoms with van der Waals surface area (Å²) >= 11 is 0. The molecule has 2 heterocycles. The zero-order valence-corrected chi connectivity index (χ0v) is 18.6. The first-order valence-electron chi connectivity index (χ1n) is 9.87. The number of carbonyl (C=O) groups excluding carboxylic acids is 1. The Labute approximate surface area is 185 Å². The van der Waals surface area contributed by atoms with Crippen LogP contribution in [0.2, 0.25) is 0 Å². The first-order valence-corrected chi connectivity index (χ1v) is 11.3. The monoisotopic (exact) mass is 458 g/mol.